The lowest BCUT2D eigenvalue weighted by Gasteiger charge is -2.10. The number of H-pyrrole nitrogens is 2. The predicted molar refractivity (Wildman–Crippen MR) is 112 cm³/mol. The van der Waals surface area contributed by atoms with Crippen molar-refractivity contribution in [2.75, 3.05) is 11.1 Å². The molecule has 3 heterocycles. The molecular weight excluding hydrogens is 366 g/mol. The maximum Gasteiger partial charge on any atom is 0.155 e. The number of aromatic amines is 2. The number of hydrogen-bond donors (Lipinski definition) is 4. The number of aromatic nitrogens is 5. The summed E-state index contributed by atoms with van der Waals surface area (Å²) in [4.78, 5) is 4.75. The standard InChI is InChI=1S/C21H17N7O/c22-21-19-16(26-28-21)12-18(24-17-10-11-23-27-17)25-20(19)13-6-8-15(9-7-13)29-14-4-2-1-3-5-14/h1-12H,(H3,22,26,28)(H2,23,24,25,27). The lowest BCUT2D eigenvalue weighted by Crippen LogP contribution is -1.97. The first-order valence-electron chi connectivity index (χ1n) is 9.00. The summed E-state index contributed by atoms with van der Waals surface area (Å²) >= 11 is 0. The maximum absolute atomic E-state index is 6.09. The van der Waals surface area contributed by atoms with Gasteiger partial charge in [-0.3, -0.25) is 10.2 Å². The summed E-state index contributed by atoms with van der Waals surface area (Å²) in [6.07, 6.45) is 1.67. The summed E-state index contributed by atoms with van der Waals surface area (Å²) in [5.41, 5.74) is 8.50. The summed E-state index contributed by atoms with van der Waals surface area (Å²) in [5, 5.41) is 17.9. The first-order valence-corrected chi connectivity index (χ1v) is 9.00. The minimum absolute atomic E-state index is 0.403. The zero-order valence-electron chi connectivity index (χ0n) is 15.3. The van der Waals surface area contributed by atoms with Gasteiger partial charge in [-0.1, -0.05) is 18.2 Å². The number of rotatable bonds is 5. The van der Waals surface area contributed by atoms with Crippen molar-refractivity contribution in [3.63, 3.8) is 0 Å². The maximum atomic E-state index is 6.09. The van der Waals surface area contributed by atoms with Gasteiger partial charge < -0.3 is 15.8 Å². The third-order valence-electron chi connectivity index (χ3n) is 4.44. The molecule has 0 aliphatic rings. The quantitative estimate of drug-likeness (QED) is 0.356. The highest BCUT2D eigenvalue weighted by Gasteiger charge is 2.14. The van der Waals surface area contributed by atoms with Gasteiger partial charge in [-0.15, -0.1) is 0 Å². The van der Waals surface area contributed by atoms with E-state index in [0.717, 1.165) is 39.5 Å². The fraction of sp³-hybridized carbons (Fsp3) is 0. The second-order valence-electron chi connectivity index (χ2n) is 6.42. The Morgan fingerprint density at radius 2 is 1.69 bits per heavy atom. The summed E-state index contributed by atoms with van der Waals surface area (Å²) in [6, 6.07) is 21.0. The first-order chi connectivity index (χ1) is 14.3. The molecule has 29 heavy (non-hydrogen) atoms. The molecule has 5 rings (SSSR count). The van der Waals surface area contributed by atoms with Gasteiger partial charge in [0.2, 0.25) is 0 Å². The molecule has 0 aliphatic carbocycles. The molecule has 0 fully saturated rings. The van der Waals surface area contributed by atoms with Crippen molar-refractivity contribution in [2.24, 2.45) is 0 Å². The molecule has 0 atom stereocenters. The molecule has 0 amide bonds. The van der Waals surface area contributed by atoms with Crippen molar-refractivity contribution >= 4 is 28.4 Å². The van der Waals surface area contributed by atoms with E-state index in [1.54, 1.807) is 6.20 Å². The number of pyridine rings is 1. The number of hydrogen-bond acceptors (Lipinski definition) is 6. The van der Waals surface area contributed by atoms with Crippen LogP contribution in [0.5, 0.6) is 11.5 Å². The molecule has 0 radical (unpaired) electrons. The Morgan fingerprint density at radius 1 is 0.897 bits per heavy atom. The minimum Gasteiger partial charge on any atom is -0.457 e. The van der Waals surface area contributed by atoms with E-state index in [1.807, 2.05) is 66.7 Å². The topological polar surface area (TPSA) is 118 Å². The SMILES string of the molecule is Nc1n[nH]c2cc(Nc3ccn[nH]3)nc(-c3ccc(Oc4ccccc4)cc3)c12. The van der Waals surface area contributed by atoms with E-state index in [1.165, 1.54) is 0 Å². The molecule has 0 saturated heterocycles. The predicted octanol–water partition coefficient (Wildman–Crippen LogP) is 4.47. The van der Waals surface area contributed by atoms with Gasteiger partial charge in [0.1, 0.15) is 23.1 Å². The van der Waals surface area contributed by atoms with Crippen LogP contribution in [0.2, 0.25) is 0 Å². The second-order valence-corrected chi connectivity index (χ2v) is 6.42. The van der Waals surface area contributed by atoms with Crippen molar-refractivity contribution in [2.45, 2.75) is 0 Å². The highest BCUT2D eigenvalue weighted by molar-refractivity contribution is 6.01. The summed E-state index contributed by atoms with van der Waals surface area (Å²) in [7, 11) is 0. The van der Waals surface area contributed by atoms with Crippen LogP contribution >= 0.6 is 0 Å². The smallest absolute Gasteiger partial charge is 0.155 e. The molecule has 142 valence electrons. The molecule has 0 spiro atoms. The average Bonchev–Trinajstić information content (AvgIpc) is 3.39. The number of nitrogen functional groups attached to an aromatic ring is 1. The average molecular weight is 383 g/mol. The molecule has 0 bridgehead atoms. The Balaban J connectivity index is 1.52. The Hall–Kier alpha value is -4.33. The van der Waals surface area contributed by atoms with Crippen LogP contribution < -0.4 is 15.8 Å². The first kappa shape index (κ1) is 16.8. The minimum atomic E-state index is 0.403. The Bertz CT molecular complexity index is 1250. The van der Waals surface area contributed by atoms with E-state index in [4.69, 9.17) is 15.5 Å². The summed E-state index contributed by atoms with van der Waals surface area (Å²) in [6.45, 7) is 0. The molecule has 0 saturated carbocycles. The highest BCUT2D eigenvalue weighted by atomic mass is 16.5. The lowest BCUT2D eigenvalue weighted by atomic mass is 10.1. The van der Waals surface area contributed by atoms with Crippen LogP contribution in [0, 0.1) is 0 Å². The van der Waals surface area contributed by atoms with E-state index < -0.39 is 0 Å². The molecule has 0 unspecified atom stereocenters. The molecule has 5 N–H and O–H groups in total. The van der Waals surface area contributed by atoms with Crippen molar-refractivity contribution in [1.29, 1.82) is 0 Å². The summed E-state index contributed by atoms with van der Waals surface area (Å²) < 4.78 is 5.87. The largest absolute Gasteiger partial charge is 0.457 e. The number of nitrogens with zero attached hydrogens (tertiary/aromatic N) is 3. The fourth-order valence-corrected chi connectivity index (χ4v) is 3.11. The molecule has 0 aliphatic heterocycles. The molecular formula is C21H17N7O. The van der Waals surface area contributed by atoms with Gasteiger partial charge in [-0.05, 0) is 36.4 Å². The second kappa shape index (κ2) is 7.01. The Labute approximate surface area is 165 Å². The van der Waals surface area contributed by atoms with Gasteiger partial charge in [0.05, 0.1) is 22.8 Å². The van der Waals surface area contributed by atoms with Crippen LogP contribution in [-0.2, 0) is 0 Å². The third kappa shape index (κ3) is 3.34. The number of fused-ring (bicyclic) bond motifs is 1. The van der Waals surface area contributed by atoms with Crippen molar-refractivity contribution < 1.29 is 4.74 Å². The summed E-state index contributed by atoms with van der Waals surface area (Å²) in [5.74, 6) is 3.31. The van der Waals surface area contributed by atoms with Gasteiger partial charge in [0.25, 0.3) is 0 Å². The van der Waals surface area contributed by atoms with Gasteiger partial charge in [0, 0.05) is 17.7 Å². The van der Waals surface area contributed by atoms with Crippen LogP contribution in [0.4, 0.5) is 17.5 Å². The molecule has 8 nitrogen and oxygen atoms in total. The van der Waals surface area contributed by atoms with Crippen LogP contribution in [0.1, 0.15) is 0 Å². The van der Waals surface area contributed by atoms with Crippen molar-refractivity contribution in [3.05, 3.63) is 72.9 Å². The van der Waals surface area contributed by atoms with Crippen LogP contribution in [-0.4, -0.2) is 25.4 Å². The zero-order chi connectivity index (χ0) is 19.6. The van der Waals surface area contributed by atoms with E-state index >= 15 is 0 Å². The van der Waals surface area contributed by atoms with Gasteiger partial charge in [0.15, 0.2) is 5.82 Å². The van der Waals surface area contributed by atoms with E-state index in [0.29, 0.717) is 11.6 Å². The number of ether oxygens (including phenoxy) is 1. The number of para-hydroxylation sites is 1. The lowest BCUT2D eigenvalue weighted by molar-refractivity contribution is 0.483. The number of anilines is 3. The Morgan fingerprint density at radius 3 is 2.45 bits per heavy atom. The highest BCUT2D eigenvalue weighted by Crippen LogP contribution is 2.33. The zero-order valence-corrected chi connectivity index (χ0v) is 15.3. The monoisotopic (exact) mass is 383 g/mol. The molecule has 8 heteroatoms. The molecule has 5 aromatic rings. The normalized spacial score (nSPS) is 10.9. The fourth-order valence-electron chi connectivity index (χ4n) is 3.11. The Kier molecular flexibility index (Phi) is 4.06. The van der Waals surface area contributed by atoms with Crippen molar-refractivity contribution in [3.8, 4) is 22.8 Å². The van der Waals surface area contributed by atoms with E-state index in [9.17, 15) is 0 Å². The number of nitrogens with two attached hydrogens (primary N) is 1. The third-order valence-corrected chi connectivity index (χ3v) is 4.44. The van der Waals surface area contributed by atoms with E-state index in [2.05, 4.69) is 25.7 Å². The number of benzene rings is 2. The van der Waals surface area contributed by atoms with Gasteiger partial charge >= 0.3 is 0 Å². The van der Waals surface area contributed by atoms with Crippen LogP contribution in [0.15, 0.2) is 72.9 Å². The number of nitrogens with one attached hydrogen (secondary N) is 3. The van der Waals surface area contributed by atoms with Crippen LogP contribution in [0.25, 0.3) is 22.2 Å². The van der Waals surface area contributed by atoms with E-state index in [-0.39, 0.29) is 0 Å². The van der Waals surface area contributed by atoms with Crippen LogP contribution in [0.3, 0.4) is 0 Å². The van der Waals surface area contributed by atoms with Gasteiger partial charge in [-0.2, -0.15) is 10.2 Å². The molecule has 3 aromatic heterocycles. The van der Waals surface area contributed by atoms with Gasteiger partial charge in [-0.25, -0.2) is 4.98 Å². The van der Waals surface area contributed by atoms with Crippen molar-refractivity contribution in [1.82, 2.24) is 25.4 Å². The molecule has 2 aromatic carbocycles.